The van der Waals surface area contributed by atoms with Gasteiger partial charge in [0.15, 0.2) is 0 Å². The van der Waals surface area contributed by atoms with Crippen LogP contribution in [0.5, 0.6) is 0 Å². The standard InChI is InChI=1S/C27H26ClFN4O2/c1-17(21-4-2-3-5-24(21)29)32-27-22-12-18(6-8-25(22)30-14-23(27)28)19-7-9-26(31-13-19)33-10-11-35-16-20(33)15-34/h2-9,12-14,17,20,34H,10-11,15-16H2,1H3,(H,30,32)/t17?,20-/m1/s1. The van der Waals surface area contributed by atoms with Crippen molar-refractivity contribution >= 4 is 34.0 Å². The zero-order chi connectivity index (χ0) is 24.4. The van der Waals surface area contributed by atoms with Crippen molar-refractivity contribution in [2.75, 3.05) is 36.6 Å². The molecule has 0 aliphatic carbocycles. The molecule has 1 unspecified atom stereocenters. The summed E-state index contributed by atoms with van der Waals surface area (Å²) in [4.78, 5) is 11.2. The summed E-state index contributed by atoms with van der Waals surface area (Å²) in [5.74, 6) is 0.542. The molecule has 0 spiro atoms. The zero-order valence-corrected chi connectivity index (χ0v) is 20.0. The van der Waals surface area contributed by atoms with Crippen LogP contribution in [0, 0.1) is 5.82 Å². The Labute approximate surface area is 208 Å². The number of hydrogen-bond donors (Lipinski definition) is 2. The first-order chi connectivity index (χ1) is 17.0. The van der Waals surface area contributed by atoms with Gasteiger partial charge in [-0.05, 0) is 42.8 Å². The van der Waals surface area contributed by atoms with Gasteiger partial charge in [0.05, 0.1) is 48.1 Å². The number of benzene rings is 2. The number of aliphatic hydroxyl groups is 1. The highest BCUT2D eigenvalue weighted by Crippen LogP contribution is 2.35. The quantitative estimate of drug-likeness (QED) is 0.372. The van der Waals surface area contributed by atoms with Gasteiger partial charge in [-0.15, -0.1) is 0 Å². The Morgan fingerprint density at radius 3 is 2.74 bits per heavy atom. The van der Waals surface area contributed by atoms with E-state index in [1.54, 1.807) is 18.3 Å². The Balaban J connectivity index is 1.47. The number of ether oxygens (including phenoxy) is 1. The van der Waals surface area contributed by atoms with Gasteiger partial charge >= 0.3 is 0 Å². The van der Waals surface area contributed by atoms with Crippen LogP contribution in [-0.2, 0) is 4.74 Å². The molecule has 0 saturated carbocycles. The molecule has 1 saturated heterocycles. The second-order valence-electron chi connectivity index (χ2n) is 8.61. The number of fused-ring (bicyclic) bond motifs is 1. The highest BCUT2D eigenvalue weighted by molar-refractivity contribution is 6.34. The van der Waals surface area contributed by atoms with Crippen LogP contribution < -0.4 is 10.2 Å². The first-order valence-electron chi connectivity index (χ1n) is 11.6. The molecule has 2 aromatic heterocycles. The predicted molar refractivity (Wildman–Crippen MR) is 137 cm³/mol. The van der Waals surface area contributed by atoms with Crippen LogP contribution in [0.1, 0.15) is 18.5 Å². The number of pyridine rings is 2. The molecular weight excluding hydrogens is 467 g/mol. The Morgan fingerprint density at radius 2 is 1.97 bits per heavy atom. The average Bonchev–Trinajstić information content (AvgIpc) is 2.90. The third kappa shape index (κ3) is 4.80. The van der Waals surface area contributed by atoms with E-state index in [4.69, 9.17) is 16.3 Å². The minimum Gasteiger partial charge on any atom is -0.394 e. The SMILES string of the molecule is CC(Nc1c(Cl)cnc2ccc(-c3ccc(N4CCOC[C@H]4CO)nc3)cc12)c1ccccc1F. The van der Waals surface area contributed by atoms with E-state index in [-0.39, 0.29) is 24.5 Å². The third-order valence-corrected chi connectivity index (χ3v) is 6.65. The van der Waals surface area contributed by atoms with Gasteiger partial charge in [-0.2, -0.15) is 0 Å². The van der Waals surface area contributed by atoms with Gasteiger partial charge in [-0.3, -0.25) is 4.98 Å². The minimum atomic E-state index is -0.295. The van der Waals surface area contributed by atoms with Crippen LogP contribution in [0.2, 0.25) is 5.02 Å². The van der Waals surface area contributed by atoms with Gasteiger partial charge < -0.3 is 20.1 Å². The van der Waals surface area contributed by atoms with E-state index in [1.807, 2.05) is 49.5 Å². The lowest BCUT2D eigenvalue weighted by Crippen LogP contribution is -2.48. The third-order valence-electron chi connectivity index (χ3n) is 6.37. The van der Waals surface area contributed by atoms with Crippen molar-refractivity contribution in [1.82, 2.24) is 9.97 Å². The first-order valence-corrected chi connectivity index (χ1v) is 11.9. The highest BCUT2D eigenvalue weighted by Gasteiger charge is 2.23. The fraction of sp³-hybridized carbons (Fsp3) is 0.259. The normalized spacial score (nSPS) is 16.9. The Bertz CT molecular complexity index is 1330. The van der Waals surface area contributed by atoms with E-state index in [9.17, 15) is 9.50 Å². The van der Waals surface area contributed by atoms with Crippen LogP contribution in [-0.4, -0.2) is 47.5 Å². The molecule has 5 rings (SSSR count). The topological polar surface area (TPSA) is 70.5 Å². The summed E-state index contributed by atoms with van der Waals surface area (Å²) in [5.41, 5.74) is 3.96. The number of rotatable bonds is 6. The molecule has 35 heavy (non-hydrogen) atoms. The fourth-order valence-corrected chi connectivity index (χ4v) is 4.65. The molecule has 1 fully saturated rings. The summed E-state index contributed by atoms with van der Waals surface area (Å²) < 4.78 is 19.8. The summed E-state index contributed by atoms with van der Waals surface area (Å²) in [6.07, 6.45) is 3.43. The molecule has 0 radical (unpaired) electrons. The number of nitrogens with zero attached hydrogens (tertiary/aromatic N) is 3. The van der Waals surface area contributed by atoms with Crippen molar-refractivity contribution in [2.24, 2.45) is 0 Å². The number of halogens is 2. The van der Waals surface area contributed by atoms with Gasteiger partial charge in [-0.25, -0.2) is 9.37 Å². The second kappa shape index (κ2) is 10.2. The lowest BCUT2D eigenvalue weighted by molar-refractivity contribution is 0.0723. The molecule has 0 bridgehead atoms. The van der Waals surface area contributed by atoms with E-state index in [0.717, 1.165) is 27.8 Å². The number of aliphatic hydroxyl groups excluding tert-OH is 1. The lowest BCUT2D eigenvalue weighted by atomic mass is 10.0. The van der Waals surface area contributed by atoms with Crippen molar-refractivity contribution in [3.05, 3.63) is 83.4 Å². The van der Waals surface area contributed by atoms with Crippen LogP contribution in [0.4, 0.5) is 15.9 Å². The molecule has 1 aliphatic rings. The monoisotopic (exact) mass is 492 g/mol. The van der Waals surface area contributed by atoms with E-state index in [0.29, 0.717) is 36.0 Å². The summed E-state index contributed by atoms with van der Waals surface area (Å²) in [5, 5.41) is 14.4. The summed E-state index contributed by atoms with van der Waals surface area (Å²) in [6.45, 7) is 3.70. The minimum absolute atomic E-state index is 0.0168. The Hall–Kier alpha value is -3.26. The molecule has 0 amide bonds. The maximum Gasteiger partial charge on any atom is 0.128 e. The molecular formula is C27H26ClFN4O2. The number of nitrogens with one attached hydrogen (secondary N) is 1. The molecule has 4 aromatic rings. The van der Waals surface area contributed by atoms with Crippen molar-refractivity contribution in [3.63, 3.8) is 0 Å². The van der Waals surface area contributed by atoms with Gasteiger partial charge in [0.25, 0.3) is 0 Å². The van der Waals surface area contributed by atoms with E-state index in [2.05, 4.69) is 20.2 Å². The molecule has 3 heterocycles. The van der Waals surface area contributed by atoms with Crippen molar-refractivity contribution in [3.8, 4) is 11.1 Å². The number of aromatic nitrogens is 2. The highest BCUT2D eigenvalue weighted by atomic mass is 35.5. The predicted octanol–water partition coefficient (Wildman–Crippen LogP) is 5.46. The maximum atomic E-state index is 14.3. The van der Waals surface area contributed by atoms with Crippen LogP contribution >= 0.6 is 11.6 Å². The summed E-state index contributed by atoms with van der Waals surface area (Å²) in [7, 11) is 0. The van der Waals surface area contributed by atoms with E-state index in [1.165, 1.54) is 6.07 Å². The van der Waals surface area contributed by atoms with Crippen LogP contribution in [0.3, 0.4) is 0 Å². The molecule has 8 heteroatoms. The second-order valence-corrected chi connectivity index (χ2v) is 9.02. The van der Waals surface area contributed by atoms with Gasteiger partial charge in [0.2, 0.25) is 0 Å². The smallest absolute Gasteiger partial charge is 0.128 e. The Kier molecular flexibility index (Phi) is 6.81. The van der Waals surface area contributed by atoms with Crippen molar-refractivity contribution in [1.29, 1.82) is 0 Å². The molecule has 1 aliphatic heterocycles. The summed E-state index contributed by atoms with van der Waals surface area (Å²) >= 11 is 6.54. The zero-order valence-electron chi connectivity index (χ0n) is 19.3. The van der Waals surface area contributed by atoms with Gasteiger partial charge in [0, 0.05) is 35.5 Å². The number of hydrogen-bond acceptors (Lipinski definition) is 6. The number of morpholine rings is 1. The molecule has 6 nitrogen and oxygen atoms in total. The molecule has 2 atom stereocenters. The molecule has 2 N–H and O–H groups in total. The van der Waals surface area contributed by atoms with Gasteiger partial charge in [-0.1, -0.05) is 35.9 Å². The lowest BCUT2D eigenvalue weighted by Gasteiger charge is -2.35. The van der Waals surface area contributed by atoms with Gasteiger partial charge in [0.1, 0.15) is 11.6 Å². The van der Waals surface area contributed by atoms with Crippen LogP contribution in [0.25, 0.3) is 22.0 Å². The summed E-state index contributed by atoms with van der Waals surface area (Å²) in [6, 6.07) is 16.3. The van der Waals surface area contributed by atoms with Crippen molar-refractivity contribution < 1.29 is 14.2 Å². The number of anilines is 2. The Morgan fingerprint density at radius 1 is 1.14 bits per heavy atom. The molecule has 2 aromatic carbocycles. The fourth-order valence-electron chi connectivity index (χ4n) is 4.45. The average molecular weight is 493 g/mol. The largest absolute Gasteiger partial charge is 0.394 e. The van der Waals surface area contributed by atoms with E-state index < -0.39 is 0 Å². The maximum absolute atomic E-state index is 14.3. The van der Waals surface area contributed by atoms with Crippen molar-refractivity contribution in [2.45, 2.75) is 19.0 Å². The molecule has 180 valence electrons. The first kappa shape index (κ1) is 23.5. The van der Waals surface area contributed by atoms with Crippen LogP contribution in [0.15, 0.2) is 67.0 Å². The van der Waals surface area contributed by atoms with E-state index >= 15 is 0 Å².